The van der Waals surface area contributed by atoms with Crippen LogP contribution in [0.5, 0.6) is 0 Å². The van der Waals surface area contributed by atoms with Crippen molar-refractivity contribution in [3.05, 3.63) is 51.2 Å². The van der Waals surface area contributed by atoms with Crippen LogP contribution in [0.4, 0.5) is 0 Å². The molecule has 2 aromatic rings. The number of ketones is 1. The maximum atomic E-state index is 11.3. The van der Waals surface area contributed by atoms with Gasteiger partial charge < -0.3 is 0 Å². The number of piperidine rings is 1. The Morgan fingerprint density at radius 2 is 2.32 bits per heavy atom. The number of hydrogen-bond donors (Lipinski definition) is 0. The van der Waals surface area contributed by atoms with Crippen LogP contribution in [0.2, 0.25) is 0 Å². The van der Waals surface area contributed by atoms with Crippen molar-refractivity contribution in [1.82, 2.24) is 14.9 Å². The molecular weight excluding hydrogens is 330 g/mol. The first-order valence-electron chi connectivity index (χ1n) is 8.98. The van der Waals surface area contributed by atoms with Gasteiger partial charge in [0, 0.05) is 30.4 Å². The van der Waals surface area contributed by atoms with Gasteiger partial charge in [0.2, 0.25) is 0 Å². The molecule has 1 aliphatic heterocycles. The predicted molar refractivity (Wildman–Crippen MR) is 101 cm³/mol. The molecule has 4 rings (SSSR count). The number of hydrogen-bond acceptors (Lipinski definition) is 5. The van der Waals surface area contributed by atoms with Gasteiger partial charge in [-0.2, -0.15) is 0 Å². The van der Waals surface area contributed by atoms with Crippen molar-refractivity contribution in [1.29, 1.82) is 0 Å². The van der Waals surface area contributed by atoms with Gasteiger partial charge in [-0.3, -0.25) is 14.7 Å². The topological polar surface area (TPSA) is 46.1 Å². The number of carbonyl (C=O) groups is 1. The molecule has 0 bridgehead atoms. The van der Waals surface area contributed by atoms with E-state index >= 15 is 0 Å². The zero-order valence-electron chi connectivity index (χ0n) is 14.6. The van der Waals surface area contributed by atoms with Crippen molar-refractivity contribution in [2.24, 2.45) is 0 Å². The molecule has 0 N–H and O–H groups in total. The number of rotatable bonds is 5. The van der Waals surface area contributed by atoms with Gasteiger partial charge in [0.1, 0.15) is 10.8 Å². The van der Waals surface area contributed by atoms with Gasteiger partial charge in [-0.25, -0.2) is 4.98 Å². The lowest BCUT2D eigenvalue weighted by molar-refractivity contribution is -0.116. The number of fused-ring (bicyclic) bond motifs is 1. The molecule has 1 fully saturated rings. The zero-order valence-corrected chi connectivity index (χ0v) is 15.4. The molecule has 25 heavy (non-hydrogen) atoms. The van der Waals surface area contributed by atoms with Gasteiger partial charge >= 0.3 is 0 Å². The molecule has 0 aromatic carbocycles. The van der Waals surface area contributed by atoms with Gasteiger partial charge in [0.05, 0.1) is 12.1 Å². The average Bonchev–Trinajstić information content (AvgIpc) is 3.23. The highest BCUT2D eigenvalue weighted by Crippen LogP contribution is 2.33. The van der Waals surface area contributed by atoms with E-state index in [4.69, 9.17) is 0 Å². The van der Waals surface area contributed by atoms with Crippen molar-refractivity contribution < 1.29 is 4.79 Å². The highest BCUT2D eigenvalue weighted by molar-refractivity contribution is 7.11. The zero-order chi connectivity index (χ0) is 17.2. The van der Waals surface area contributed by atoms with Crippen LogP contribution in [0.15, 0.2) is 24.5 Å². The molecule has 0 radical (unpaired) electrons. The van der Waals surface area contributed by atoms with Gasteiger partial charge in [-0.15, -0.1) is 11.3 Å². The minimum atomic E-state index is 0.180. The third kappa shape index (κ3) is 3.72. The second-order valence-corrected chi connectivity index (χ2v) is 8.24. The van der Waals surface area contributed by atoms with E-state index in [0.29, 0.717) is 12.3 Å². The Kier molecular flexibility index (Phi) is 4.77. The molecule has 0 amide bonds. The summed E-state index contributed by atoms with van der Waals surface area (Å²) in [6, 6.07) is 2.22. The Labute approximate surface area is 152 Å². The van der Waals surface area contributed by atoms with Crippen molar-refractivity contribution in [2.45, 2.75) is 45.1 Å². The van der Waals surface area contributed by atoms with Gasteiger partial charge in [-0.1, -0.05) is 6.08 Å². The van der Waals surface area contributed by atoms with Crippen molar-refractivity contribution >= 4 is 23.2 Å². The Bertz CT molecular complexity index is 811. The molecule has 0 saturated carbocycles. The first kappa shape index (κ1) is 16.6. The molecule has 130 valence electrons. The maximum absolute atomic E-state index is 11.3. The highest BCUT2D eigenvalue weighted by Gasteiger charge is 2.25. The number of likely N-dealkylation sites (tertiary alicyclic amines) is 1. The van der Waals surface area contributed by atoms with E-state index in [1.54, 1.807) is 18.3 Å². The summed E-state index contributed by atoms with van der Waals surface area (Å²) < 4.78 is 0. The fourth-order valence-electron chi connectivity index (χ4n) is 3.95. The van der Waals surface area contributed by atoms with Crippen LogP contribution in [-0.2, 0) is 24.2 Å². The molecule has 3 heterocycles. The number of nitrogens with zero attached hydrogens (tertiary/aromatic N) is 3. The molecule has 0 spiro atoms. The first-order valence-corrected chi connectivity index (χ1v) is 9.80. The number of pyridine rings is 1. The standard InChI is InChI=1S/C20H23N3OS/c1-14(24)10-20-22-11-16(25-20)13-23-9-3-4-15(12-23)17-7-8-21-19-6-2-5-18(17)19/h2,6-8,11,15H,3-5,9-10,12-13H2,1H3. The second kappa shape index (κ2) is 7.18. The third-order valence-corrected chi connectivity index (χ3v) is 6.03. The van der Waals surface area contributed by atoms with Crippen molar-refractivity contribution in [3.8, 4) is 0 Å². The van der Waals surface area contributed by atoms with E-state index in [-0.39, 0.29) is 5.78 Å². The monoisotopic (exact) mass is 353 g/mol. The van der Waals surface area contributed by atoms with Crippen LogP contribution >= 0.6 is 11.3 Å². The van der Waals surface area contributed by atoms with E-state index < -0.39 is 0 Å². The fraction of sp³-hybridized carbons (Fsp3) is 0.450. The SMILES string of the molecule is CC(=O)Cc1ncc(CN2CCCC(c3ccnc4c3CC=C4)C2)s1. The lowest BCUT2D eigenvalue weighted by atomic mass is 9.87. The summed E-state index contributed by atoms with van der Waals surface area (Å²) in [7, 11) is 0. The number of carbonyl (C=O) groups excluding carboxylic acids is 1. The number of thiazole rings is 1. The minimum absolute atomic E-state index is 0.180. The third-order valence-electron chi connectivity index (χ3n) is 5.05. The summed E-state index contributed by atoms with van der Waals surface area (Å²) in [6.07, 6.45) is 12.2. The summed E-state index contributed by atoms with van der Waals surface area (Å²) in [5.41, 5.74) is 4.07. The van der Waals surface area contributed by atoms with E-state index in [0.717, 1.165) is 36.8 Å². The Morgan fingerprint density at radius 3 is 3.20 bits per heavy atom. The highest BCUT2D eigenvalue weighted by atomic mass is 32.1. The van der Waals surface area contributed by atoms with Crippen LogP contribution in [-0.4, -0.2) is 33.7 Å². The number of aromatic nitrogens is 2. The molecule has 2 aliphatic rings. The first-order chi connectivity index (χ1) is 12.2. The summed E-state index contributed by atoms with van der Waals surface area (Å²) >= 11 is 1.68. The Hall–Kier alpha value is -1.85. The maximum Gasteiger partial charge on any atom is 0.136 e. The summed E-state index contributed by atoms with van der Waals surface area (Å²) in [5.74, 6) is 0.772. The van der Waals surface area contributed by atoms with Gasteiger partial charge in [0.25, 0.3) is 0 Å². The molecule has 1 unspecified atom stereocenters. The van der Waals surface area contributed by atoms with Gasteiger partial charge in [-0.05, 0) is 61.9 Å². The second-order valence-electron chi connectivity index (χ2n) is 7.04. The quantitative estimate of drug-likeness (QED) is 0.824. The largest absolute Gasteiger partial charge is 0.300 e. The predicted octanol–water partition coefficient (Wildman–Crippen LogP) is 3.62. The van der Waals surface area contributed by atoms with Crippen LogP contribution in [0.3, 0.4) is 0 Å². The Morgan fingerprint density at radius 1 is 1.40 bits per heavy atom. The van der Waals surface area contributed by atoms with Crippen molar-refractivity contribution in [3.63, 3.8) is 0 Å². The van der Waals surface area contributed by atoms with E-state index in [1.165, 1.54) is 28.8 Å². The number of allylic oxidation sites excluding steroid dienone is 1. The molecule has 1 aliphatic carbocycles. The molecular formula is C20H23N3OS. The minimum Gasteiger partial charge on any atom is -0.300 e. The fourth-order valence-corrected chi connectivity index (χ4v) is 4.99. The van der Waals surface area contributed by atoms with Crippen molar-refractivity contribution in [2.75, 3.05) is 13.1 Å². The lowest BCUT2D eigenvalue weighted by Gasteiger charge is -2.33. The van der Waals surface area contributed by atoms with E-state index in [9.17, 15) is 4.79 Å². The molecule has 2 aromatic heterocycles. The van der Waals surface area contributed by atoms with E-state index in [2.05, 4.69) is 33.1 Å². The summed E-state index contributed by atoms with van der Waals surface area (Å²) in [5, 5.41) is 0.939. The Balaban J connectivity index is 1.44. The van der Waals surface area contributed by atoms with Crippen LogP contribution in [0.25, 0.3) is 6.08 Å². The average molecular weight is 353 g/mol. The van der Waals surface area contributed by atoms with E-state index in [1.807, 2.05) is 12.4 Å². The van der Waals surface area contributed by atoms with Crippen LogP contribution < -0.4 is 0 Å². The van der Waals surface area contributed by atoms with Crippen LogP contribution in [0, 0.1) is 0 Å². The molecule has 1 saturated heterocycles. The molecule has 1 atom stereocenters. The molecule has 4 nitrogen and oxygen atoms in total. The smallest absolute Gasteiger partial charge is 0.136 e. The molecule has 5 heteroatoms. The normalized spacial score (nSPS) is 20.0. The number of Topliss-reactive ketones (excluding diaryl/α,β-unsaturated/α-hetero) is 1. The lowest BCUT2D eigenvalue weighted by Crippen LogP contribution is -2.34. The summed E-state index contributed by atoms with van der Waals surface area (Å²) in [6.45, 7) is 4.80. The summed E-state index contributed by atoms with van der Waals surface area (Å²) in [4.78, 5) is 23.9. The van der Waals surface area contributed by atoms with Gasteiger partial charge in [0.15, 0.2) is 0 Å². The van der Waals surface area contributed by atoms with Crippen LogP contribution in [0.1, 0.15) is 52.4 Å².